The Bertz CT molecular complexity index is 1210. The predicted molar refractivity (Wildman–Crippen MR) is 131 cm³/mol. The molecule has 0 aliphatic heterocycles. The Labute approximate surface area is 197 Å². The van der Waals surface area contributed by atoms with Crippen LogP contribution in [0.1, 0.15) is 29.0 Å². The molecule has 0 aromatic heterocycles. The number of nitrogens with one attached hydrogen (secondary N) is 1. The van der Waals surface area contributed by atoms with Crippen LogP contribution in [0.4, 0.5) is 16.2 Å². The molecule has 0 heterocycles. The number of rotatable bonds is 8. The van der Waals surface area contributed by atoms with Crippen molar-refractivity contribution in [1.29, 1.82) is 0 Å². The smallest absolute Gasteiger partial charge is 0.407 e. The van der Waals surface area contributed by atoms with Gasteiger partial charge in [-0.05, 0) is 34.7 Å². The summed E-state index contributed by atoms with van der Waals surface area (Å²) in [6.07, 6.45) is 3.45. The maximum Gasteiger partial charge on any atom is 0.407 e. The van der Waals surface area contributed by atoms with E-state index < -0.39 is 11.0 Å². The summed E-state index contributed by atoms with van der Waals surface area (Å²) < 4.78 is 10.6. The van der Waals surface area contributed by atoms with Gasteiger partial charge in [0.15, 0.2) is 0 Å². The van der Waals surface area contributed by atoms with Crippen LogP contribution in [0.5, 0.6) is 5.75 Å². The molecule has 4 rings (SSSR count). The van der Waals surface area contributed by atoms with Crippen molar-refractivity contribution >= 4 is 23.5 Å². The van der Waals surface area contributed by atoms with E-state index in [1.54, 1.807) is 18.2 Å². The summed E-state index contributed by atoms with van der Waals surface area (Å²) >= 11 is 0. The third-order valence-electron chi connectivity index (χ3n) is 5.82. The van der Waals surface area contributed by atoms with E-state index in [2.05, 4.69) is 29.6 Å². The molecule has 3 N–H and O–H groups in total. The minimum Gasteiger partial charge on any atom is -0.496 e. The van der Waals surface area contributed by atoms with Crippen molar-refractivity contribution in [3.8, 4) is 16.9 Å². The molecule has 8 heteroatoms. The molecule has 3 aromatic rings. The summed E-state index contributed by atoms with van der Waals surface area (Å²) in [6, 6.07) is 19.2. The number of nitrogen functional groups attached to an aromatic ring is 1. The highest BCUT2D eigenvalue weighted by molar-refractivity contribution is 5.79. The van der Waals surface area contributed by atoms with Crippen LogP contribution in [0.3, 0.4) is 0 Å². The molecular weight excluding hydrogens is 434 g/mol. The second-order valence-electron chi connectivity index (χ2n) is 7.85. The number of carbonyl (C=O) groups excluding carboxylic acids is 1. The van der Waals surface area contributed by atoms with Gasteiger partial charge in [-0.15, -0.1) is 0 Å². The molecule has 0 bridgehead atoms. The quantitative estimate of drug-likeness (QED) is 0.209. The minimum atomic E-state index is -0.548. The van der Waals surface area contributed by atoms with Gasteiger partial charge in [-0.3, -0.25) is 10.1 Å². The molecule has 0 fully saturated rings. The molecule has 34 heavy (non-hydrogen) atoms. The first-order valence-electron chi connectivity index (χ1n) is 10.9. The average molecular weight is 460 g/mol. The number of hydrogen-bond donors (Lipinski definition) is 2. The molecule has 0 radical (unpaired) electrons. The monoisotopic (exact) mass is 459 g/mol. The van der Waals surface area contributed by atoms with Crippen LogP contribution < -0.4 is 15.8 Å². The zero-order valence-electron chi connectivity index (χ0n) is 18.7. The number of methoxy groups -OCH3 is 1. The van der Waals surface area contributed by atoms with E-state index in [0.717, 1.165) is 11.1 Å². The summed E-state index contributed by atoms with van der Waals surface area (Å²) in [6.45, 7) is 0.596. The van der Waals surface area contributed by atoms with Gasteiger partial charge in [0.25, 0.3) is 5.69 Å². The topological polar surface area (TPSA) is 117 Å². The van der Waals surface area contributed by atoms with Gasteiger partial charge >= 0.3 is 6.09 Å². The zero-order valence-corrected chi connectivity index (χ0v) is 18.7. The van der Waals surface area contributed by atoms with Crippen molar-refractivity contribution in [2.24, 2.45) is 0 Å². The predicted octanol–water partition coefficient (Wildman–Crippen LogP) is 5.13. The van der Waals surface area contributed by atoms with Gasteiger partial charge in [-0.1, -0.05) is 60.7 Å². The third-order valence-corrected chi connectivity index (χ3v) is 5.82. The van der Waals surface area contributed by atoms with E-state index >= 15 is 0 Å². The number of nitro benzene ring substituents is 1. The highest BCUT2D eigenvalue weighted by Gasteiger charge is 2.28. The number of benzene rings is 3. The maximum atomic E-state index is 12.2. The molecule has 0 unspecified atom stereocenters. The second kappa shape index (κ2) is 10.1. The fourth-order valence-corrected chi connectivity index (χ4v) is 4.16. The molecule has 1 amide bonds. The number of alkyl carbamates (subject to hydrolysis) is 1. The van der Waals surface area contributed by atoms with Crippen molar-refractivity contribution in [3.05, 3.63) is 93.5 Å². The number of ether oxygens (including phenoxy) is 2. The molecule has 8 nitrogen and oxygen atoms in total. The van der Waals surface area contributed by atoms with Crippen LogP contribution >= 0.6 is 0 Å². The lowest BCUT2D eigenvalue weighted by atomic mass is 9.98. The fraction of sp³-hybridized carbons (Fsp3) is 0.192. The summed E-state index contributed by atoms with van der Waals surface area (Å²) in [4.78, 5) is 22.9. The number of fused-ring (bicyclic) bond motifs is 3. The molecule has 0 spiro atoms. The lowest BCUT2D eigenvalue weighted by Gasteiger charge is -2.14. The second-order valence-corrected chi connectivity index (χ2v) is 7.85. The van der Waals surface area contributed by atoms with Crippen molar-refractivity contribution in [3.63, 3.8) is 0 Å². The molecule has 3 aromatic carbocycles. The molecule has 174 valence electrons. The summed E-state index contributed by atoms with van der Waals surface area (Å²) in [5, 5.41) is 13.9. The Morgan fingerprint density at radius 2 is 1.76 bits per heavy atom. The number of nitrogens with zero attached hydrogens (tertiary/aromatic N) is 1. The Hall–Kier alpha value is -4.33. The van der Waals surface area contributed by atoms with Crippen molar-refractivity contribution in [2.75, 3.05) is 26.0 Å². The molecular formula is C26H25N3O5. The normalized spacial score (nSPS) is 12.3. The van der Waals surface area contributed by atoms with Crippen LogP contribution in [0.2, 0.25) is 0 Å². The van der Waals surface area contributed by atoms with E-state index in [4.69, 9.17) is 15.2 Å². The Balaban J connectivity index is 1.30. The lowest BCUT2D eigenvalue weighted by molar-refractivity contribution is -0.384. The Kier molecular flexibility index (Phi) is 6.77. The third kappa shape index (κ3) is 4.71. The molecule has 1 aliphatic rings. The highest BCUT2D eigenvalue weighted by Crippen LogP contribution is 2.44. The molecule has 0 saturated carbocycles. The van der Waals surface area contributed by atoms with Gasteiger partial charge in [0.2, 0.25) is 0 Å². The first-order chi connectivity index (χ1) is 16.5. The molecule has 1 aliphatic carbocycles. The number of nitro groups is 1. The van der Waals surface area contributed by atoms with Gasteiger partial charge in [-0.25, -0.2) is 4.79 Å². The van der Waals surface area contributed by atoms with Gasteiger partial charge in [0.05, 0.1) is 18.1 Å². The van der Waals surface area contributed by atoms with Gasteiger partial charge in [0.1, 0.15) is 18.0 Å². The first-order valence-corrected chi connectivity index (χ1v) is 10.9. The summed E-state index contributed by atoms with van der Waals surface area (Å²) in [7, 11) is 1.43. The maximum absolute atomic E-state index is 12.2. The van der Waals surface area contributed by atoms with Crippen LogP contribution in [0, 0.1) is 10.1 Å². The van der Waals surface area contributed by atoms with Gasteiger partial charge < -0.3 is 20.5 Å². The Morgan fingerprint density at radius 1 is 1.12 bits per heavy atom. The van der Waals surface area contributed by atoms with E-state index in [-0.39, 0.29) is 23.9 Å². The minimum absolute atomic E-state index is 0.00451. The number of hydrogen-bond acceptors (Lipinski definition) is 6. The van der Waals surface area contributed by atoms with Crippen LogP contribution in [-0.2, 0) is 4.74 Å². The van der Waals surface area contributed by atoms with E-state index in [1.165, 1.54) is 24.3 Å². The van der Waals surface area contributed by atoms with Crippen LogP contribution in [0.25, 0.3) is 17.2 Å². The summed E-state index contributed by atoms with van der Waals surface area (Å²) in [5.41, 5.74) is 10.9. The number of carbonyl (C=O) groups is 1. The SMILES string of the molecule is COc1cc(C=CCCNC(=O)OCC2c3ccccc3-c3ccccc32)c(N)c([N+](=O)[O-])c1. The lowest BCUT2D eigenvalue weighted by Crippen LogP contribution is -2.26. The van der Waals surface area contributed by atoms with Gasteiger partial charge in [0, 0.05) is 18.0 Å². The zero-order chi connectivity index (χ0) is 24.1. The average Bonchev–Trinajstić information content (AvgIpc) is 3.17. The first kappa shape index (κ1) is 22.8. The number of amides is 1. The number of anilines is 1. The van der Waals surface area contributed by atoms with E-state index in [1.807, 2.05) is 24.3 Å². The van der Waals surface area contributed by atoms with Crippen LogP contribution in [0.15, 0.2) is 66.7 Å². The standard InChI is InChI=1S/C26H25N3O5/c1-33-18-14-17(25(27)24(15-18)29(31)32)8-6-7-13-28-26(30)34-16-23-21-11-4-2-9-19(21)20-10-3-5-12-22(20)23/h2-6,8-12,14-15,23H,7,13,16,27H2,1H3,(H,28,30). The van der Waals surface area contributed by atoms with Gasteiger partial charge in [-0.2, -0.15) is 0 Å². The Morgan fingerprint density at radius 3 is 2.38 bits per heavy atom. The van der Waals surface area contributed by atoms with Crippen molar-refractivity contribution < 1.29 is 19.2 Å². The van der Waals surface area contributed by atoms with Crippen LogP contribution in [-0.4, -0.2) is 31.3 Å². The largest absolute Gasteiger partial charge is 0.496 e. The molecule has 0 atom stereocenters. The van der Waals surface area contributed by atoms with Crippen molar-refractivity contribution in [2.45, 2.75) is 12.3 Å². The number of nitrogens with two attached hydrogens (primary N) is 1. The van der Waals surface area contributed by atoms with E-state index in [9.17, 15) is 14.9 Å². The fourth-order valence-electron chi connectivity index (χ4n) is 4.16. The van der Waals surface area contributed by atoms with E-state index in [0.29, 0.717) is 24.3 Å². The van der Waals surface area contributed by atoms with Crippen molar-refractivity contribution in [1.82, 2.24) is 5.32 Å². The summed E-state index contributed by atoms with van der Waals surface area (Å²) in [5.74, 6) is 0.349. The molecule has 0 saturated heterocycles. The highest BCUT2D eigenvalue weighted by atomic mass is 16.6.